The lowest BCUT2D eigenvalue weighted by atomic mass is 9.96. The summed E-state index contributed by atoms with van der Waals surface area (Å²) in [5.74, 6) is -1.06. The zero-order chi connectivity index (χ0) is 22.3. The highest BCUT2D eigenvalue weighted by molar-refractivity contribution is 5.98. The molecule has 1 amide bonds. The summed E-state index contributed by atoms with van der Waals surface area (Å²) in [7, 11) is 3.42. The number of esters is 1. The van der Waals surface area contributed by atoms with E-state index in [0.29, 0.717) is 12.2 Å². The van der Waals surface area contributed by atoms with Gasteiger partial charge in [0.05, 0.1) is 16.2 Å². The van der Waals surface area contributed by atoms with Gasteiger partial charge in [0, 0.05) is 38.7 Å². The van der Waals surface area contributed by atoms with Gasteiger partial charge in [0.15, 0.2) is 6.10 Å². The van der Waals surface area contributed by atoms with Crippen molar-refractivity contribution in [3.63, 3.8) is 0 Å². The first-order chi connectivity index (χ1) is 14.2. The van der Waals surface area contributed by atoms with E-state index in [0.717, 1.165) is 18.1 Å². The van der Waals surface area contributed by atoms with Gasteiger partial charge in [0.2, 0.25) is 0 Å². The van der Waals surface area contributed by atoms with Crippen molar-refractivity contribution in [3.05, 3.63) is 69.8 Å². The van der Waals surface area contributed by atoms with E-state index in [1.807, 2.05) is 37.3 Å². The largest absolute Gasteiger partial charge is 0.449 e. The van der Waals surface area contributed by atoms with Crippen LogP contribution in [0, 0.1) is 10.1 Å². The molecule has 0 heterocycles. The molecule has 0 aliphatic rings. The molecule has 0 spiro atoms. The summed E-state index contributed by atoms with van der Waals surface area (Å²) >= 11 is 0. The number of anilines is 1. The molecule has 0 saturated carbocycles. The summed E-state index contributed by atoms with van der Waals surface area (Å²) in [5.41, 5.74) is 1.40. The van der Waals surface area contributed by atoms with Crippen LogP contribution in [0.3, 0.4) is 0 Å². The highest BCUT2D eigenvalue weighted by Gasteiger charge is 2.24. The molecule has 0 fully saturated rings. The van der Waals surface area contributed by atoms with E-state index in [-0.39, 0.29) is 17.2 Å². The molecule has 0 radical (unpaired) electrons. The summed E-state index contributed by atoms with van der Waals surface area (Å²) in [6.07, 6.45) is -0.196. The predicted molar refractivity (Wildman–Crippen MR) is 115 cm³/mol. The number of non-ortho nitro benzene ring substituents is 1. The van der Waals surface area contributed by atoms with Gasteiger partial charge in [-0.2, -0.15) is 0 Å². The second-order valence-electron chi connectivity index (χ2n) is 7.16. The second-order valence-corrected chi connectivity index (χ2v) is 7.16. The fourth-order valence-corrected chi connectivity index (χ4v) is 3.06. The third kappa shape index (κ3) is 5.79. The molecule has 2 atom stereocenters. The van der Waals surface area contributed by atoms with Gasteiger partial charge in [-0.05, 0) is 25.0 Å². The van der Waals surface area contributed by atoms with Crippen molar-refractivity contribution in [1.29, 1.82) is 0 Å². The molecule has 2 aromatic carbocycles. The Morgan fingerprint density at radius 1 is 1.17 bits per heavy atom. The molecule has 1 N–H and O–H groups in total. The Labute approximate surface area is 176 Å². The van der Waals surface area contributed by atoms with E-state index in [1.165, 1.54) is 19.1 Å². The van der Waals surface area contributed by atoms with Gasteiger partial charge in [0.1, 0.15) is 0 Å². The first kappa shape index (κ1) is 22.9. The lowest BCUT2D eigenvalue weighted by molar-refractivity contribution is -0.384. The molecule has 160 valence electrons. The number of rotatable bonds is 9. The van der Waals surface area contributed by atoms with Crippen molar-refractivity contribution in [2.45, 2.75) is 32.3 Å². The molecule has 2 rings (SSSR count). The number of nitrogens with zero attached hydrogens (tertiary/aromatic N) is 2. The number of ether oxygens (including phenoxy) is 1. The van der Waals surface area contributed by atoms with Gasteiger partial charge < -0.3 is 15.0 Å². The average Bonchev–Trinajstić information content (AvgIpc) is 2.74. The first-order valence-corrected chi connectivity index (χ1v) is 9.74. The van der Waals surface area contributed by atoms with E-state index in [1.54, 1.807) is 19.0 Å². The van der Waals surface area contributed by atoms with Crippen molar-refractivity contribution >= 4 is 23.3 Å². The first-order valence-electron chi connectivity index (χ1n) is 9.74. The standard InChI is InChI=1S/C22H27N3O5/c1-5-16(17-9-7-6-8-10-17)14-23-21(26)15(2)30-22(27)19-13-18(25(28)29)11-12-20(19)24(3)4/h6-13,15-16H,5,14H2,1-4H3,(H,23,26)/t15-,16+/m1/s1. The van der Waals surface area contributed by atoms with Crippen LogP contribution in [0.2, 0.25) is 0 Å². The minimum atomic E-state index is -1.04. The molecule has 0 aliphatic carbocycles. The Hall–Kier alpha value is -3.42. The quantitative estimate of drug-likeness (QED) is 0.383. The topological polar surface area (TPSA) is 102 Å². The van der Waals surface area contributed by atoms with Gasteiger partial charge in [-0.25, -0.2) is 4.79 Å². The number of nitro groups is 1. The fourth-order valence-electron chi connectivity index (χ4n) is 3.06. The molecule has 0 aromatic heterocycles. The Kier molecular flexibility index (Phi) is 7.91. The summed E-state index contributed by atoms with van der Waals surface area (Å²) in [4.78, 5) is 37.2. The van der Waals surface area contributed by atoms with E-state index < -0.39 is 22.9 Å². The molecule has 0 bridgehead atoms. The van der Waals surface area contributed by atoms with Gasteiger partial charge in [-0.15, -0.1) is 0 Å². The number of nitro benzene ring substituents is 1. The van der Waals surface area contributed by atoms with Gasteiger partial charge in [-0.3, -0.25) is 14.9 Å². The molecule has 8 nitrogen and oxygen atoms in total. The molecular weight excluding hydrogens is 386 g/mol. The third-order valence-electron chi connectivity index (χ3n) is 4.83. The number of carbonyl (C=O) groups is 2. The van der Waals surface area contributed by atoms with E-state index >= 15 is 0 Å². The lowest BCUT2D eigenvalue weighted by Gasteiger charge is -2.20. The van der Waals surface area contributed by atoms with Gasteiger partial charge in [-0.1, -0.05) is 37.3 Å². The molecule has 8 heteroatoms. The van der Waals surface area contributed by atoms with Crippen LogP contribution < -0.4 is 10.2 Å². The minimum Gasteiger partial charge on any atom is -0.449 e. The molecule has 0 unspecified atom stereocenters. The summed E-state index contributed by atoms with van der Waals surface area (Å²) < 4.78 is 5.30. The minimum absolute atomic E-state index is 0.0320. The monoisotopic (exact) mass is 413 g/mol. The number of amides is 1. The zero-order valence-electron chi connectivity index (χ0n) is 17.6. The van der Waals surface area contributed by atoms with Crippen LogP contribution in [0.4, 0.5) is 11.4 Å². The fraction of sp³-hybridized carbons (Fsp3) is 0.364. The molecule has 0 saturated heterocycles. The third-order valence-corrected chi connectivity index (χ3v) is 4.83. The summed E-state index contributed by atoms with van der Waals surface area (Å²) in [6, 6.07) is 13.8. The van der Waals surface area contributed by atoms with Crippen molar-refractivity contribution in [1.82, 2.24) is 5.32 Å². The normalized spacial score (nSPS) is 12.5. The van der Waals surface area contributed by atoms with Crippen LogP contribution in [0.5, 0.6) is 0 Å². The number of hydrogen-bond donors (Lipinski definition) is 1. The maximum atomic E-state index is 12.6. The van der Waals surface area contributed by atoms with Crippen LogP contribution in [0.1, 0.15) is 42.1 Å². The van der Waals surface area contributed by atoms with Crippen molar-refractivity contribution < 1.29 is 19.2 Å². The molecule has 2 aromatic rings. The number of carbonyl (C=O) groups excluding carboxylic acids is 2. The van der Waals surface area contributed by atoms with Crippen molar-refractivity contribution in [3.8, 4) is 0 Å². The van der Waals surface area contributed by atoms with E-state index in [9.17, 15) is 19.7 Å². The van der Waals surface area contributed by atoms with Crippen LogP contribution in [0.25, 0.3) is 0 Å². The van der Waals surface area contributed by atoms with E-state index in [2.05, 4.69) is 5.32 Å². The SMILES string of the molecule is CC[C@@H](CNC(=O)[C@@H](C)OC(=O)c1cc([N+](=O)[O-])ccc1N(C)C)c1ccccc1. The van der Waals surface area contributed by atoms with Gasteiger partial charge in [0.25, 0.3) is 11.6 Å². The number of hydrogen-bond acceptors (Lipinski definition) is 6. The Morgan fingerprint density at radius 3 is 2.40 bits per heavy atom. The second kappa shape index (κ2) is 10.4. The predicted octanol–water partition coefficient (Wildman–Crippen LogP) is 3.52. The van der Waals surface area contributed by atoms with E-state index in [4.69, 9.17) is 4.74 Å². The Morgan fingerprint density at radius 2 is 1.83 bits per heavy atom. The molecular formula is C22H27N3O5. The van der Waals surface area contributed by atoms with Crippen LogP contribution in [0.15, 0.2) is 48.5 Å². The Balaban J connectivity index is 2.05. The molecule has 30 heavy (non-hydrogen) atoms. The van der Waals surface area contributed by atoms with Crippen LogP contribution in [-0.4, -0.2) is 43.5 Å². The van der Waals surface area contributed by atoms with Gasteiger partial charge >= 0.3 is 5.97 Å². The lowest BCUT2D eigenvalue weighted by Crippen LogP contribution is -2.38. The van der Waals surface area contributed by atoms with Crippen LogP contribution >= 0.6 is 0 Å². The maximum Gasteiger partial charge on any atom is 0.341 e. The highest BCUT2D eigenvalue weighted by Crippen LogP contribution is 2.25. The smallest absolute Gasteiger partial charge is 0.341 e. The Bertz CT molecular complexity index is 899. The highest BCUT2D eigenvalue weighted by atomic mass is 16.6. The molecule has 0 aliphatic heterocycles. The number of benzene rings is 2. The number of nitrogens with one attached hydrogen (secondary N) is 1. The van der Waals surface area contributed by atoms with Crippen molar-refractivity contribution in [2.24, 2.45) is 0 Å². The zero-order valence-corrected chi connectivity index (χ0v) is 17.6. The maximum absolute atomic E-state index is 12.6. The summed E-state index contributed by atoms with van der Waals surface area (Å²) in [5, 5.41) is 13.9. The van der Waals surface area contributed by atoms with Crippen LogP contribution in [-0.2, 0) is 9.53 Å². The summed E-state index contributed by atoms with van der Waals surface area (Å²) in [6.45, 7) is 3.93. The van der Waals surface area contributed by atoms with Crippen molar-refractivity contribution in [2.75, 3.05) is 25.5 Å². The average molecular weight is 413 g/mol.